The molecule has 5 heteroatoms. The van der Waals surface area contributed by atoms with E-state index in [0.29, 0.717) is 18.9 Å². The molecule has 0 aromatic carbocycles. The summed E-state index contributed by atoms with van der Waals surface area (Å²) in [5.74, 6) is -0.360. The Labute approximate surface area is 95.5 Å². The van der Waals surface area contributed by atoms with Gasteiger partial charge in [0.05, 0.1) is 12.3 Å². The Morgan fingerprint density at radius 3 is 2.44 bits per heavy atom. The zero-order valence-corrected chi connectivity index (χ0v) is 9.43. The Morgan fingerprint density at radius 2 is 2.00 bits per heavy atom. The molecule has 1 fully saturated rings. The van der Waals surface area contributed by atoms with Crippen LogP contribution < -0.4 is 5.73 Å². The molecule has 4 N–H and O–H groups in total. The molecule has 0 bridgehead atoms. The molecule has 0 saturated carbocycles. The van der Waals surface area contributed by atoms with Gasteiger partial charge in [0.25, 0.3) is 0 Å². The molecule has 0 aliphatic carbocycles. The number of likely N-dealkylation sites (tertiary alicyclic amines) is 1. The Kier molecular flexibility index (Phi) is 4.76. The van der Waals surface area contributed by atoms with E-state index in [-0.39, 0.29) is 5.76 Å². The maximum Gasteiger partial charge on any atom is 0.320 e. The van der Waals surface area contributed by atoms with Gasteiger partial charge in [0, 0.05) is 0 Å². The van der Waals surface area contributed by atoms with Gasteiger partial charge in [0.2, 0.25) is 0 Å². The van der Waals surface area contributed by atoms with Gasteiger partial charge in [0.1, 0.15) is 6.04 Å². The fraction of sp³-hybridized carbons (Fsp3) is 0.727. The van der Waals surface area contributed by atoms with Gasteiger partial charge in [-0.3, -0.25) is 9.69 Å². The molecule has 92 valence electrons. The molecule has 1 saturated heterocycles. The lowest BCUT2D eigenvalue weighted by molar-refractivity contribution is -0.139. The number of aliphatic hydroxyl groups is 1. The highest BCUT2D eigenvalue weighted by atomic mass is 16.4. The highest BCUT2D eigenvalue weighted by Gasteiger charge is 2.23. The van der Waals surface area contributed by atoms with Gasteiger partial charge in [-0.05, 0) is 38.3 Å². The first-order chi connectivity index (χ1) is 7.49. The van der Waals surface area contributed by atoms with Crippen LogP contribution in [0.15, 0.2) is 12.3 Å². The molecule has 0 aromatic rings. The fourth-order valence-electron chi connectivity index (χ4n) is 2.10. The summed E-state index contributed by atoms with van der Waals surface area (Å²) in [6, 6.07) is -0.746. The van der Waals surface area contributed by atoms with Gasteiger partial charge >= 0.3 is 5.97 Å². The van der Waals surface area contributed by atoms with Crippen molar-refractivity contribution in [3.8, 4) is 0 Å². The summed E-state index contributed by atoms with van der Waals surface area (Å²) in [5.41, 5.74) is 5.50. The molecule has 1 heterocycles. The van der Waals surface area contributed by atoms with E-state index >= 15 is 0 Å². The van der Waals surface area contributed by atoms with Crippen LogP contribution in [0.2, 0.25) is 0 Å². The lowest BCUT2D eigenvalue weighted by Crippen LogP contribution is -2.39. The van der Waals surface area contributed by atoms with Gasteiger partial charge < -0.3 is 15.9 Å². The highest BCUT2D eigenvalue weighted by molar-refractivity contribution is 5.73. The molecule has 1 aliphatic heterocycles. The SMILES string of the molecule is C=C(O)CN1CCC(C[C@H](N)C(=O)O)CC1. The number of carbonyl (C=O) groups is 1. The van der Waals surface area contributed by atoms with Crippen molar-refractivity contribution in [1.29, 1.82) is 0 Å². The normalized spacial score (nSPS) is 20.6. The first-order valence-corrected chi connectivity index (χ1v) is 5.56. The summed E-state index contributed by atoms with van der Waals surface area (Å²) in [5, 5.41) is 17.8. The van der Waals surface area contributed by atoms with E-state index in [1.807, 2.05) is 0 Å². The molecule has 0 radical (unpaired) electrons. The van der Waals surface area contributed by atoms with Crippen LogP contribution in [-0.2, 0) is 4.79 Å². The van der Waals surface area contributed by atoms with Gasteiger partial charge in [-0.15, -0.1) is 0 Å². The van der Waals surface area contributed by atoms with E-state index in [4.69, 9.17) is 15.9 Å². The second-order valence-electron chi connectivity index (χ2n) is 4.47. The number of nitrogens with two attached hydrogens (primary N) is 1. The van der Waals surface area contributed by atoms with Crippen LogP contribution in [-0.4, -0.2) is 46.8 Å². The van der Waals surface area contributed by atoms with Gasteiger partial charge in [-0.1, -0.05) is 6.58 Å². The molecule has 1 aliphatic rings. The minimum absolute atomic E-state index is 0.181. The van der Waals surface area contributed by atoms with Crippen LogP contribution in [0, 0.1) is 5.92 Å². The molecule has 16 heavy (non-hydrogen) atoms. The number of aliphatic hydroxyl groups excluding tert-OH is 1. The number of hydrogen-bond acceptors (Lipinski definition) is 4. The fourth-order valence-corrected chi connectivity index (χ4v) is 2.10. The topological polar surface area (TPSA) is 86.8 Å². The van der Waals surface area contributed by atoms with E-state index < -0.39 is 12.0 Å². The number of carboxylic acids is 1. The highest BCUT2D eigenvalue weighted by Crippen LogP contribution is 2.21. The minimum Gasteiger partial charge on any atom is -0.512 e. The molecule has 1 atom stereocenters. The van der Waals surface area contributed by atoms with E-state index in [2.05, 4.69) is 11.5 Å². The predicted octanol–water partition coefficient (Wildman–Crippen LogP) is 0.572. The maximum absolute atomic E-state index is 10.6. The Morgan fingerprint density at radius 1 is 1.44 bits per heavy atom. The van der Waals surface area contributed by atoms with Crippen LogP contribution in [0.1, 0.15) is 19.3 Å². The van der Waals surface area contributed by atoms with Crippen LogP contribution in [0.4, 0.5) is 0 Å². The average molecular weight is 228 g/mol. The van der Waals surface area contributed by atoms with Crippen LogP contribution in [0.5, 0.6) is 0 Å². The summed E-state index contributed by atoms with van der Waals surface area (Å²) in [6.07, 6.45) is 2.42. The number of hydrogen-bond donors (Lipinski definition) is 3. The van der Waals surface area contributed by atoms with Crippen LogP contribution >= 0.6 is 0 Å². The van der Waals surface area contributed by atoms with E-state index in [0.717, 1.165) is 25.9 Å². The number of rotatable bonds is 5. The zero-order chi connectivity index (χ0) is 12.1. The van der Waals surface area contributed by atoms with Crippen molar-refractivity contribution in [2.24, 2.45) is 11.7 Å². The van der Waals surface area contributed by atoms with Gasteiger partial charge in [-0.2, -0.15) is 0 Å². The van der Waals surface area contributed by atoms with Crippen molar-refractivity contribution in [1.82, 2.24) is 4.90 Å². The molecule has 0 spiro atoms. The third-order valence-corrected chi connectivity index (χ3v) is 3.02. The Hall–Kier alpha value is -1.07. The number of aliphatic carboxylic acids is 1. The number of nitrogens with zero attached hydrogens (tertiary/aromatic N) is 1. The summed E-state index contributed by atoms with van der Waals surface area (Å²) in [7, 11) is 0. The lowest BCUT2D eigenvalue weighted by atomic mass is 9.90. The predicted molar refractivity (Wildman–Crippen MR) is 61.2 cm³/mol. The Bertz CT molecular complexity index is 260. The number of carboxylic acid groups (broad SMARTS) is 1. The lowest BCUT2D eigenvalue weighted by Gasteiger charge is -2.32. The maximum atomic E-state index is 10.6. The first-order valence-electron chi connectivity index (χ1n) is 5.56. The van der Waals surface area contributed by atoms with Crippen molar-refractivity contribution in [3.05, 3.63) is 12.3 Å². The minimum atomic E-state index is -0.925. The van der Waals surface area contributed by atoms with E-state index in [1.165, 1.54) is 0 Å². The van der Waals surface area contributed by atoms with Crippen molar-refractivity contribution in [3.63, 3.8) is 0 Å². The second-order valence-corrected chi connectivity index (χ2v) is 4.47. The molecule has 0 amide bonds. The zero-order valence-electron chi connectivity index (χ0n) is 9.43. The summed E-state index contributed by atoms with van der Waals surface area (Å²) in [6.45, 7) is 5.71. The van der Waals surface area contributed by atoms with E-state index in [1.54, 1.807) is 0 Å². The van der Waals surface area contributed by atoms with Crippen LogP contribution in [0.3, 0.4) is 0 Å². The first kappa shape index (κ1) is 13.0. The molecular weight excluding hydrogens is 208 g/mol. The van der Waals surface area contributed by atoms with Crippen molar-refractivity contribution in [2.45, 2.75) is 25.3 Å². The standard InChI is InChI=1S/C11H20N2O3/c1-8(14)7-13-4-2-9(3-5-13)6-10(12)11(15)16/h9-10,14H,1-7,12H2,(H,15,16)/t10-/m0/s1. The third kappa shape index (κ3) is 4.20. The summed E-state index contributed by atoms with van der Waals surface area (Å²) in [4.78, 5) is 12.7. The summed E-state index contributed by atoms with van der Waals surface area (Å²) >= 11 is 0. The van der Waals surface area contributed by atoms with Crippen molar-refractivity contribution >= 4 is 5.97 Å². The smallest absolute Gasteiger partial charge is 0.320 e. The molecular formula is C11H20N2O3. The van der Waals surface area contributed by atoms with Crippen molar-refractivity contribution in [2.75, 3.05) is 19.6 Å². The second kappa shape index (κ2) is 5.86. The summed E-state index contributed by atoms with van der Waals surface area (Å²) < 4.78 is 0. The van der Waals surface area contributed by atoms with Crippen molar-refractivity contribution < 1.29 is 15.0 Å². The van der Waals surface area contributed by atoms with Crippen LogP contribution in [0.25, 0.3) is 0 Å². The van der Waals surface area contributed by atoms with Gasteiger partial charge in [-0.25, -0.2) is 0 Å². The van der Waals surface area contributed by atoms with E-state index in [9.17, 15) is 4.79 Å². The molecule has 0 unspecified atom stereocenters. The number of piperidine rings is 1. The van der Waals surface area contributed by atoms with Gasteiger partial charge in [0.15, 0.2) is 0 Å². The average Bonchev–Trinajstić information content (AvgIpc) is 2.20. The Balaban J connectivity index is 2.26. The monoisotopic (exact) mass is 228 g/mol. The largest absolute Gasteiger partial charge is 0.512 e. The molecule has 0 aromatic heterocycles. The molecule has 1 rings (SSSR count). The molecule has 5 nitrogen and oxygen atoms in total. The quantitative estimate of drug-likeness (QED) is 0.599. The third-order valence-electron chi connectivity index (χ3n) is 3.02.